The Labute approximate surface area is 122 Å². The second kappa shape index (κ2) is 5.66. The highest BCUT2D eigenvalue weighted by Crippen LogP contribution is 2.21. The average molecular weight is 280 g/mol. The molecule has 0 aliphatic heterocycles. The van der Waals surface area contributed by atoms with E-state index in [1.54, 1.807) is 12.5 Å². The van der Waals surface area contributed by atoms with Gasteiger partial charge in [0.05, 0.1) is 11.9 Å². The molecule has 1 aromatic heterocycles. The largest absolute Gasteiger partial charge is 0.398 e. The Morgan fingerprint density at radius 3 is 2.71 bits per heavy atom. The normalized spacial score (nSPS) is 10.7. The van der Waals surface area contributed by atoms with Gasteiger partial charge in [0, 0.05) is 30.5 Å². The van der Waals surface area contributed by atoms with E-state index in [4.69, 9.17) is 5.73 Å². The number of nitrogen functional groups attached to an aromatic ring is 1. The number of hydrogen-bond donors (Lipinski definition) is 3. The van der Waals surface area contributed by atoms with Crippen LogP contribution in [0, 0.1) is 0 Å². The van der Waals surface area contributed by atoms with Crippen LogP contribution < -0.4 is 11.1 Å². The van der Waals surface area contributed by atoms with Crippen molar-refractivity contribution in [2.24, 2.45) is 0 Å². The zero-order valence-corrected chi connectivity index (χ0v) is 11.5. The molecule has 0 bridgehead atoms. The molecule has 0 aliphatic rings. The Morgan fingerprint density at radius 2 is 2.00 bits per heavy atom. The molecule has 0 spiro atoms. The lowest BCUT2D eigenvalue weighted by Crippen LogP contribution is -2.26. The number of nitrogens with one attached hydrogen (secondary N) is 2. The van der Waals surface area contributed by atoms with Crippen molar-refractivity contribution >= 4 is 22.4 Å². The maximum atomic E-state index is 12.2. The first-order valence-electron chi connectivity index (χ1n) is 6.78. The summed E-state index contributed by atoms with van der Waals surface area (Å²) in [7, 11) is 0. The molecule has 4 N–H and O–H groups in total. The second-order valence-electron chi connectivity index (χ2n) is 4.87. The molecule has 0 unspecified atom stereocenters. The first kappa shape index (κ1) is 13.2. The molecule has 3 aromatic rings. The summed E-state index contributed by atoms with van der Waals surface area (Å²) in [6, 6.07) is 11.5. The van der Waals surface area contributed by atoms with Gasteiger partial charge in [-0.2, -0.15) is 0 Å². The highest BCUT2D eigenvalue weighted by atomic mass is 16.1. The molecule has 2 aromatic carbocycles. The lowest BCUT2D eigenvalue weighted by molar-refractivity contribution is 0.0955. The van der Waals surface area contributed by atoms with Crippen LogP contribution in [0.15, 0.2) is 48.9 Å². The third-order valence-corrected chi connectivity index (χ3v) is 3.40. The summed E-state index contributed by atoms with van der Waals surface area (Å²) in [4.78, 5) is 19.2. The Bertz CT molecular complexity index is 765. The number of amides is 1. The molecule has 3 rings (SSSR count). The van der Waals surface area contributed by atoms with E-state index in [0.717, 1.165) is 16.5 Å². The standard InChI is InChI=1S/C16H16N4O/c17-15-8-12-4-2-1-3-11(12)7-14(15)16(21)19-6-5-13-9-18-10-20-13/h1-4,7-10H,5-6,17H2,(H,18,20)(H,19,21). The van der Waals surface area contributed by atoms with Crippen LogP contribution in [0.5, 0.6) is 0 Å². The summed E-state index contributed by atoms with van der Waals surface area (Å²) in [5, 5.41) is 4.91. The Hall–Kier alpha value is -2.82. The van der Waals surface area contributed by atoms with Crippen LogP contribution >= 0.6 is 0 Å². The number of H-pyrrole nitrogens is 1. The number of aromatic nitrogens is 2. The number of hydrogen-bond acceptors (Lipinski definition) is 3. The molecule has 0 atom stereocenters. The minimum atomic E-state index is -0.155. The Kier molecular flexibility index (Phi) is 3.55. The topological polar surface area (TPSA) is 83.8 Å². The third-order valence-electron chi connectivity index (χ3n) is 3.40. The molecule has 0 fully saturated rings. The number of nitrogens with zero attached hydrogens (tertiary/aromatic N) is 1. The second-order valence-corrected chi connectivity index (χ2v) is 4.87. The number of imidazole rings is 1. The number of fused-ring (bicyclic) bond motifs is 1. The van der Waals surface area contributed by atoms with Crippen LogP contribution in [-0.2, 0) is 6.42 Å². The van der Waals surface area contributed by atoms with Crippen LogP contribution in [0.4, 0.5) is 5.69 Å². The number of rotatable bonds is 4. The summed E-state index contributed by atoms with van der Waals surface area (Å²) < 4.78 is 0. The van der Waals surface area contributed by atoms with E-state index in [-0.39, 0.29) is 5.91 Å². The van der Waals surface area contributed by atoms with Gasteiger partial charge in [0.25, 0.3) is 5.91 Å². The van der Waals surface area contributed by atoms with E-state index in [2.05, 4.69) is 15.3 Å². The van der Waals surface area contributed by atoms with Gasteiger partial charge in [-0.05, 0) is 22.9 Å². The van der Waals surface area contributed by atoms with Crippen molar-refractivity contribution in [2.45, 2.75) is 6.42 Å². The first-order chi connectivity index (χ1) is 10.2. The van der Waals surface area contributed by atoms with E-state index in [1.165, 1.54) is 0 Å². The van der Waals surface area contributed by atoms with Gasteiger partial charge in [-0.25, -0.2) is 4.98 Å². The van der Waals surface area contributed by atoms with E-state index in [0.29, 0.717) is 24.2 Å². The number of aromatic amines is 1. The predicted octanol–water partition coefficient (Wildman–Crippen LogP) is 2.12. The number of nitrogens with two attached hydrogens (primary N) is 1. The lowest BCUT2D eigenvalue weighted by Gasteiger charge is -2.09. The van der Waals surface area contributed by atoms with Crippen LogP contribution in [-0.4, -0.2) is 22.4 Å². The van der Waals surface area contributed by atoms with Crippen molar-refractivity contribution in [3.05, 3.63) is 60.2 Å². The van der Waals surface area contributed by atoms with E-state index in [9.17, 15) is 4.79 Å². The number of anilines is 1. The Morgan fingerprint density at radius 1 is 1.24 bits per heavy atom. The zero-order chi connectivity index (χ0) is 14.7. The van der Waals surface area contributed by atoms with Gasteiger partial charge in [-0.3, -0.25) is 4.79 Å². The highest BCUT2D eigenvalue weighted by molar-refractivity contribution is 6.03. The molecule has 5 heteroatoms. The van der Waals surface area contributed by atoms with Crippen molar-refractivity contribution in [2.75, 3.05) is 12.3 Å². The monoisotopic (exact) mass is 280 g/mol. The van der Waals surface area contributed by atoms with E-state index >= 15 is 0 Å². The van der Waals surface area contributed by atoms with Gasteiger partial charge in [0.2, 0.25) is 0 Å². The molecule has 0 saturated carbocycles. The SMILES string of the molecule is Nc1cc2ccccc2cc1C(=O)NCCc1cnc[nH]1. The molecule has 0 radical (unpaired) electrons. The minimum Gasteiger partial charge on any atom is -0.398 e. The molecular formula is C16H16N4O. The quantitative estimate of drug-likeness (QED) is 0.640. The smallest absolute Gasteiger partial charge is 0.253 e. The lowest BCUT2D eigenvalue weighted by atomic mass is 10.0. The third kappa shape index (κ3) is 2.86. The maximum absolute atomic E-state index is 12.2. The van der Waals surface area contributed by atoms with Crippen molar-refractivity contribution in [3.63, 3.8) is 0 Å². The highest BCUT2D eigenvalue weighted by Gasteiger charge is 2.10. The molecule has 106 valence electrons. The van der Waals surface area contributed by atoms with Crippen LogP contribution in [0.25, 0.3) is 10.8 Å². The Balaban J connectivity index is 1.73. The molecule has 1 amide bonds. The van der Waals surface area contributed by atoms with Gasteiger partial charge >= 0.3 is 0 Å². The molecular weight excluding hydrogens is 264 g/mol. The van der Waals surface area contributed by atoms with Gasteiger partial charge in [0.15, 0.2) is 0 Å². The fraction of sp³-hybridized carbons (Fsp3) is 0.125. The summed E-state index contributed by atoms with van der Waals surface area (Å²) >= 11 is 0. The maximum Gasteiger partial charge on any atom is 0.253 e. The van der Waals surface area contributed by atoms with E-state index in [1.807, 2.05) is 36.4 Å². The fourth-order valence-corrected chi connectivity index (χ4v) is 2.28. The summed E-state index contributed by atoms with van der Waals surface area (Å²) in [5.41, 5.74) is 7.97. The van der Waals surface area contributed by atoms with Crippen molar-refractivity contribution < 1.29 is 4.79 Å². The number of benzene rings is 2. The summed E-state index contributed by atoms with van der Waals surface area (Å²) in [6.07, 6.45) is 4.08. The first-order valence-corrected chi connectivity index (χ1v) is 6.78. The van der Waals surface area contributed by atoms with Crippen LogP contribution in [0.3, 0.4) is 0 Å². The zero-order valence-electron chi connectivity index (χ0n) is 11.5. The molecule has 21 heavy (non-hydrogen) atoms. The molecule has 0 saturated heterocycles. The molecule has 1 heterocycles. The van der Waals surface area contributed by atoms with Crippen LogP contribution in [0.1, 0.15) is 16.1 Å². The average Bonchev–Trinajstić information content (AvgIpc) is 2.99. The van der Waals surface area contributed by atoms with Gasteiger partial charge < -0.3 is 16.0 Å². The summed E-state index contributed by atoms with van der Waals surface area (Å²) in [5.74, 6) is -0.155. The fourth-order valence-electron chi connectivity index (χ4n) is 2.28. The van der Waals surface area contributed by atoms with Crippen molar-refractivity contribution in [3.8, 4) is 0 Å². The van der Waals surface area contributed by atoms with Crippen molar-refractivity contribution in [1.82, 2.24) is 15.3 Å². The van der Waals surface area contributed by atoms with Gasteiger partial charge in [-0.15, -0.1) is 0 Å². The molecule has 5 nitrogen and oxygen atoms in total. The number of carbonyl (C=O) groups excluding carboxylic acids is 1. The van der Waals surface area contributed by atoms with E-state index < -0.39 is 0 Å². The summed E-state index contributed by atoms with van der Waals surface area (Å²) in [6.45, 7) is 0.535. The predicted molar refractivity (Wildman–Crippen MR) is 83.0 cm³/mol. The number of carbonyl (C=O) groups is 1. The minimum absolute atomic E-state index is 0.155. The van der Waals surface area contributed by atoms with Crippen molar-refractivity contribution in [1.29, 1.82) is 0 Å². The van der Waals surface area contributed by atoms with Gasteiger partial charge in [-0.1, -0.05) is 24.3 Å². The van der Waals surface area contributed by atoms with Gasteiger partial charge in [0.1, 0.15) is 0 Å². The molecule has 0 aliphatic carbocycles. The van der Waals surface area contributed by atoms with Crippen LogP contribution in [0.2, 0.25) is 0 Å².